The molecule has 0 unspecified atom stereocenters. The SMILES string of the molecule is CCCCC(C)(C)C(=O)Oc1ccc(OC[C@H](CNCCNC(=O)N2CCOCC2)OC(=O)C(F)(F)F)cc1. The zero-order valence-corrected chi connectivity index (χ0v) is 22.6. The van der Waals surface area contributed by atoms with E-state index in [0.717, 1.165) is 12.8 Å². The molecule has 1 saturated heterocycles. The zero-order valence-electron chi connectivity index (χ0n) is 22.6. The predicted molar refractivity (Wildman–Crippen MR) is 135 cm³/mol. The van der Waals surface area contributed by atoms with Crippen LogP contribution in [0.1, 0.15) is 40.0 Å². The number of urea groups is 1. The van der Waals surface area contributed by atoms with Crippen molar-refractivity contribution in [1.82, 2.24) is 15.5 Å². The number of halogens is 3. The molecule has 0 aliphatic carbocycles. The molecular weight excluding hydrogens is 523 g/mol. The Morgan fingerprint density at radius 1 is 1.03 bits per heavy atom. The number of hydrogen-bond acceptors (Lipinski definition) is 8. The molecule has 1 aliphatic rings. The normalized spacial score (nSPS) is 14.9. The van der Waals surface area contributed by atoms with Gasteiger partial charge in [0.05, 0.1) is 18.6 Å². The first-order valence-corrected chi connectivity index (χ1v) is 13.0. The fourth-order valence-electron chi connectivity index (χ4n) is 3.51. The van der Waals surface area contributed by atoms with Gasteiger partial charge in [-0.1, -0.05) is 19.8 Å². The molecule has 2 N–H and O–H groups in total. The summed E-state index contributed by atoms with van der Waals surface area (Å²) < 4.78 is 59.0. The second-order valence-electron chi connectivity index (χ2n) is 9.72. The number of benzene rings is 1. The van der Waals surface area contributed by atoms with Crippen molar-refractivity contribution in [2.75, 3.05) is 52.5 Å². The second-order valence-corrected chi connectivity index (χ2v) is 9.72. The largest absolute Gasteiger partial charge is 0.490 e. The van der Waals surface area contributed by atoms with Gasteiger partial charge in [0.2, 0.25) is 0 Å². The first-order valence-electron chi connectivity index (χ1n) is 13.0. The van der Waals surface area contributed by atoms with E-state index in [4.69, 9.17) is 14.2 Å². The molecule has 0 bridgehead atoms. The number of amides is 2. The minimum atomic E-state index is -5.15. The van der Waals surface area contributed by atoms with Gasteiger partial charge in [-0.2, -0.15) is 13.2 Å². The van der Waals surface area contributed by atoms with E-state index in [2.05, 4.69) is 15.4 Å². The quantitative estimate of drug-likeness (QED) is 0.202. The maximum Gasteiger partial charge on any atom is 0.490 e. The average Bonchev–Trinajstić information content (AvgIpc) is 2.90. The Morgan fingerprint density at radius 2 is 1.67 bits per heavy atom. The molecule has 0 saturated carbocycles. The van der Waals surface area contributed by atoms with Crippen LogP contribution in [0.4, 0.5) is 18.0 Å². The van der Waals surface area contributed by atoms with Crippen LogP contribution in [0.2, 0.25) is 0 Å². The summed E-state index contributed by atoms with van der Waals surface area (Å²) >= 11 is 0. The van der Waals surface area contributed by atoms with Crippen molar-refractivity contribution in [3.05, 3.63) is 24.3 Å². The van der Waals surface area contributed by atoms with Crippen LogP contribution >= 0.6 is 0 Å². The molecule has 1 aromatic carbocycles. The van der Waals surface area contributed by atoms with Gasteiger partial charge in [-0.25, -0.2) is 9.59 Å². The molecule has 1 aromatic rings. The summed E-state index contributed by atoms with van der Waals surface area (Å²) in [7, 11) is 0. The fourth-order valence-corrected chi connectivity index (χ4v) is 3.51. The average molecular weight is 562 g/mol. The van der Waals surface area contributed by atoms with Crippen LogP contribution in [0.5, 0.6) is 11.5 Å². The van der Waals surface area contributed by atoms with Gasteiger partial charge in [-0.15, -0.1) is 0 Å². The zero-order chi connectivity index (χ0) is 28.9. The van der Waals surface area contributed by atoms with E-state index in [0.29, 0.717) is 38.5 Å². The maximum atomic E-state index is 12.7. The molecule has 10 nitrogen and oxygen atoms in total. The molecule has 1 fully saturated rings. The van der Waals surface area contributed by atoms with Crippen molar-refractivity contribution in [3.63, 3.8) is 0 Å². The lowest BCUT2D eigenvalue weighted by atomic mass is 9.87. The van der Waals surface area contributed by atoms with Crippen molar-refractivity contribution in [2.45, 2.75) is 52.3 Å². The van der Waals surface area contributed by atoms with Gasteiger partial charge in [-0.3, -0.25) is 4.79 Å². The van der Waals surface area contributed by atoms with Crippen molar-refractivity contribution in [1.29, 1.82) is 0 Å². The van der Waals surface area contributed by atoms with E-state index in [9.17, 15) is 27.6 Å². The monoisotopic (exact) mass is 561 g/mol. The van der Waals surface area contributed by atoms with Crippen LogP contribution in [-0.2, 0) is 19.1 Å². The molecule has 39 heavy (non-hydrogen) atoms. The van der Waals surface area contributed by atoms with Crippen LogP contribution < -0.4 is 20.1 Å². The lowest BCUT2D eigenvalue weighted by Gasteiger charge is -2.27. The van der Waals surface area contributed by atoms with Crippen LogP contribution in [0.25, 0.3) is 0 Å². The number of nitrogens with zero attached hydrogens (tertiary/aromatic N) is 1. The summed E-state index contributed by atoms with van der Waals surface area (Å²) in [5, 5.41) is 5.56. The van der Waals surface area contributed by atoms with Crippen LogP contribution in [0.3, 0.4) is 0 Å². The van der Waals surface area contributed by atoms with Crippen LogP contribution in [-0.4, -0.2) is 87.7 Å². The highest BCUT2D eigenvalue weighted by Crippen LogP contribution is 2.27. The van der Waals surface area contributed by atoms with E-state index in [-0.39, 0.29) is 44.0 Å². The second kappa shape index (κ2) is 15.5. The summed E-state index contributed by atoms with van der Waals surface area (Å²) in [5.74, 6) is -2.11. The van der Waals surface area contributed by atoms with E-state index in [1.54, 1.807) is 4.90 Å². The van der Waals surface area contributed by atoms with E-state index in [1.807, 2.05) is 20.8 Å². The Kier molecular flexibility index (Phi) is 12.8. The standard InChI is InChI=1S/C26H38F3N3O7/c1-4-5-10-25(2,3)22(33)38-20-8-6-19(7-9-20)37-18-21(39-23(34)26(27,28)29)17-30-11-12-31-24(35)32-13-15-36-16-14-32/h6-9,21,30H,4-5,10-18H2,1-3H3,(H,31,35)/t21-/m0/s1. The molecule has 0 radical (unpaired) electrons. The van der Waals surface area contributed by atoms with Crippen molar-refractivity contribution >= 4 is 18.0 Å². The summed E-state index contributed by atoms with van der Waals surface area (Å²) in [6.45, 7) is 7.49. The molecule has 0 spiro atoms. The highest BCUT2D eigenvalue weighted by atomic mass is 19.4. The van der Waals surface area contributed by atoms with Gasteiger partial charge < -0.3 is 34.5 Å². The number of morpholine rings is 1. The molecule has 13 heteroatoms. The fraction of sp³-hybridized carbons (Fsp3) is 0.654. The topological polar surface area (TPSA) is 115 Å². The lowest BCUT2D eigenvalue weighted by Crippen LogP contribution is -2.48. The summed E-state index contributed by atoms with van der Waals surface area (Å²) in [4.78, 5) is 37.5. The number of hydrogen-bond donors (Lipinski definition) is 2. The molecule has 2 rings (SSSR count). The molecular formula is C26H38F3N3O7. The number of carbonyl (C=O) groups is 3. The molecule has 2 amide bonds. The van der Waals surface area contributed by atoms with Crippen molar-refractivity contribution in [3.8, 4) is 11.5 Å². The van der Waals surface area contributed by atoms with Gasteiger partial charge in [0.25, 0.3) is 0 Å². The van der Waals surface area contributed by atoms with Crippen LogP contribution in [0, 0.1) is 5.41 Å². The Hall–Kier alpha value is -3.06. The third-order valence-corrected chi connectivity index (χ3v) is 5.93. The highest BCUT2D eigenvalue weighted by molar-refractivity contribution is 5.78. The molecule has 1 aliphatic heterocycles. The Morgan fingerprint density at radius 3 is 2.28 bits per heavy atom. The summed E-state index contributed by atoms with van der Waals surface area (Å²) in [5.41, 5.74) is -0.640. The van der Waals surface area contributed by atoms with Gasteiger partial charge in [-0.05, 0) is 44.5 Å². The third kappa shape index (κ3) is 11.7. The maximum absolute atomic E-state index is 12.7. The smallest absolute Gasteiger partial charge is 0.490 e. The minimum absolute atomic E-state index is 0.141. The van der Waals surface area contributed by atoms with Gasteiger partial charge in [0.1, 0.15) is 24.2 Å². The lowest BCUT2D eigenvalue weighted by molar-refractivity contribution is -0.205. The van der Waals surface area contributed by atoms with E-state index >= 15 is 0 Å². The number of alkyl halides is 3. The van der Waals surface area contributed by atoms with Gasteiger partial charge in [0, 0.05) is 32.7 Å². The van der Waals surface area contributed by atoms with Crippen LogP contribution in [0.15, 0.2) is 24.3 Å². The summed E-state index contributed by atoms with van der Waals surface area (Å²) in [6.07, 6.45) is -3.86. The molecule has 0 aromatic heterocycles. The Labute approximate surface area is 226 Å². The number of ether oxygens (including phenoxy) is 4. The van der Waals surface area contributed by atoms with Gasteiger partial charge >= 0.3 is 24.1 Å². The summed E-state index contributed by atoms with van der Waals surface area (Å²) in [6, 6.07) is 5.75. The number of rotatable bonds is 14. The minimum Gasteiger partial charge on any atom is -0.490 e. The third-order valence-electron chi connectivity index (χ3n) is 5.93. The van der Waals surface area contributed by atoms with E-state index < -0.39 is 23.7 Å². The molecule has 1 atom stereocenters. The number of unbranched alkanes of at least 4 members (excludes halogenated alkanes) is 1. The van der Waals surface area contributed by atoms with Crippen molar-refractivity contribution < 1.29 is 46.5 Å². The number of nitrogens with one attached hydrogen (secondary N) is 2. The number of esters is 2. The Bertz CT molecular complexity index is 920. The first kappa shape index (κ1) is 32.2. The molecule has 1 heterocycles. The number of carbonyl (C=O) groups excluding carboxylic acids is 3. The predicted octanol–water partition coefficient (Wildman–Crippen LogP) is 3.29. The highest BCUT2D eigenvalue weighted by Gasteiger charge is 2.42. The first-order chi connectivity index (χ1) is 18.4. The van der Waals surface area contributed by atoms with E-state index in [1.165, 1.54) is 24.3 Å². The Balaban J connectivity index is 1.84. The van der Waals surface area contributed by atoms with Crippen molar-refractivity contribution in [2.24, 2.45) is 5.41 Å². The van der Waals surface area contributed by atoms with Gasteiger partial charge in [0.15, 0.2) is 0 Å². The molecule has 220 valence electrons.